The van der Waals surface area contributed by atoms with E-state index >= 15 is 0 Å². The molecule has 0 saturated heterocycles. The molecule has 1 heterocycles. The highest BCUT2D eigenvalue weighted by Gasteiger charge is 2.14. The van der Waals surface area contributed by atoms with Crippen LogP contribution in [0.5, 0.6) is 5.75 Å². The van der Waals surface area contributed by atoms with Crippen LogP contribution in [0, 0.1) is 0 Å². The van der Waals surface area contributed by atoms with Gasteiger partial charge in [-0.1, -0.05) is 33.6 Å². The molecular formula is C21H18BrClO5. The maximum absolute atomic E-state index is 12.5. The van der Waals surface area contributed by atoms with Crippen LogP contribution in [0.4, 0.5) is 0 Å². The Labute approximate surface area is 175 Å². The molecule has 0 aliphatic heterocycles. The lowest BCUT2D eigenvalue weighted by Gasteiger charge is -2.12. The first kappa shape index (κ1) is 20.4. The molecule has 3 aromatic rings. The van der Waals surface area contributed by atoms with Crippen molar-refractivity contribution in [1.82, 2.24) is 0 Å². The van der Waals surface area contributed by atoms with Crippen LogP contribution in [0.3, 0.4) is 0 Å². The van der Waals surface area contributed by atoms with Gasteiger partial charge in [0.05, 0.1) is 29.2 Å². The van der Waals surface area contributed by atoms with Crippen molar-refractivity contribution in [2.45, 2.75) is 19.8 Å². The smallest absolute Gasteiger partial charge is 0.305 e. The Bertz CT molecular complexity index is 1060. The van der Waals surface area contributed by atoms with E-state index in [1.54, 1.807) is 37.3 Å². The number of fused-ring (bicyclic) bond motifs is 1. The summed E-state index contributed by atoms with van der Waals surface area (Å²) < 4.78 is 17.5. The minimum absolute atomic E-state index is 0.185. The van der Waals surface area contributed by atoms with Gasteiger partial charge in [-0.3, -0.25) is 9.59 Å². The van der Waals surface area contributed by atoms with Gasteiger partial charge < -0.3 is 13.9 Å². The van der Waals surface area contributed by atoms with Crippen molar-refractivity contribution >= 4 is 44.5 Å². The summed E-state index contributed by atoms with van der Waals surface area (Å²) in [7, 11) is 0. The molecule has 0 fully saturated rings. The number of esters is 1. The van der Waals surface area contributed by atoms with Gasteiger partial charge >= 0.3 is 5.97 Å². The van der Waals surface area contributed by atoms with E-state index in [4.69, 9.17) is 25.5 Å². The monoisotopic (exact) mass is 464 g/mol. The van der Waals surface area contributed by atoms with Crippen LogP contribution < -0.4 is 10.2 Å². The van der Waals surface area contributed by atoms with Crippen molar-refractivity contribution in [3.63, 3.8) is 0 Å². The summed E-state index contributed by atoms with van der Waals surface area (Å²) in [4.78, 5) is 23.9. The van der Waals surface area contributed by atoms with E-state index in [-0.39, 0.29) is 17.8 Å². The molecule has 146 valence electrons. The second kappa shape index (κ2) is 9.26. The first-order valence-electron chi connectivity index (χ1n) is 8.80. The number of carbonyl (C=O) groups excluding carboxylic acids is 1. The predicted octanol–water partition coefficient (Wildman–Crippen LogP) is 5.60. The van der Waals surface area contributed by atoms with Crippen LogP contribution in [-0.2, 0) is 9.53 Å². The molecule has 7 heteroatoms. The molecule has 3 rings (SSSR count). The average Bonchev–Trinajstić information content (AvgIpc) is 2.66. The molecule has 0 bridgehead atoms. The molecule has 2 aromatic carbocycles. The quantitative estimate of drug-likeness (QED) is 0.336. The van der Waals surface area contributed by atoms with Gasteiger partial charge in [-0.15, -0.1) is 0 Å². The number of hydrogen-bond acceptors (Lipinski definition) is 5. The topological polar surface area (TPSA) is 65.7 Å². The molecule has 0 radical (unpaired) electrons. The summed E-state index contributed by atoms with van der Waals surface area (Å²) in [5.74, 6) is 0.641. The number of ether oxygens (including phenoxy) is 2. The van der Waals surface area contributed by atoms with Crippen LogP contribution >= 0.6 is 27.5 Å². The Balaban J connectivity index is 1.88. The van der Waals surface area contributed by atoms with Crippen molar-refractivity contribution in [1.29, 1.82) is 0 Å². The van der Waals surface area contributed by atoms with E-state index in [1.807, 2.05) is 6.07 Å². The van der Waals surface area contributed by atoms with Gasteiger partial charge in [-0.25, -0.2) is 0 Å². The molecule has 0 aliphatic carbocycles. The predicted molar refractivity (Wildman–Crippen MR) is 112 cm³/mol. The molecule has 0 saturated carbocycles. The standard InChI is InChI=1S/C21H18BrClO5/c1-2-26-20(25)7-4-10-27-18-11-13(22)8-9-15(18)19-12-17(24)14-5-3-6-16(23)21(14)28-19/h3,5-6,8-9,11-12H,2,4,7,10H2,1H3. The third-order valence-electron chi connectivity index (χ3n) is 4.00. The Morgan fingerprint density at radius 2 is 2.04 bits per heavy atom. The fourth-order valence-electron chi connectivity index (χ4n) is 2.73. The first-order chi connectivity index (χ1) is 13.5. The number of rotatable bonds is 7. The van der Waals surface area contributed by atoms with E-state index in [0.717, 1.165) is 4.47 Å². The molecular weight excluding hydrogens is 448 g/mol. The highest BCUT2D eigenvalue weighted by molar-refractivity contribution is 9.10. The van der Waals surface area contributed by atoms with Gasteiger partial charge in [0.15, 0.2) is 11.0 Å². The van der Waals surface area contributed by atoms with Gasteiger partial charge in [-0.2, -0.15) is 0 Å². The van der Waals surface area contributed by atoms with Crippen LogP contribution in [0.15, 0.2) is 56.1 Å². The zero-order valence-electron chi connectivity index (χ0n) is 15.2. The zero-order chi connectivity index (χ0) is 20.1. The lowest BCUT2D eigenvalue weighted by Crippen LogP contribution is -2.07. The number of carbonyl (C=O) groups is 1. The van der Waals surface area contributed by atoms with Crippen LogP contribution in [0.25, 0.3) is 22.3 Å². The van der Waals surface area contributed by atoms with Gasteiger partial charge in [0.2, 0.25) is 0 Å². The zero-order valence-corrected chi connectivity index (χ0v) is 17.5. The normalized spacial score (nSPS) is 10.8. The molecule has 0 N–H and O–H groups in total. The maximum Gasteiger partial charge on any atom is 0.305 e. The third-order valence-corrected chi connectivity index (χ3v) is 4.79. The van der Waals surface area contributed by atoms with E-state index in [0.29, 0.717) is 52.7 Å². The minimum atomic E-state index is -0.254. The van der Waals surface area contributed by atoms with Crippen LogP contribution in [0.2, 0.25) is 5.02 Å². The van der Waals surface area contributed by atoms with Gasteiger partial charge in [0, 0.05) is 17.0 Å². The molecule has 28 heavy (non-hydrogen) atoms. The van der Waals surface area contributed by atoms with E-state index in [2.05, 4.69) is 15.9 Å². The Hall–Kier alpha value is -2.31. The fraction of sp³-hybridized carbons (Fsp3) is 0.238. The second-order valence-corrected chi connectivity index (χ2v) is 7.31. The maximum atomic E-state index is 12.5. The number of halogens is 2. The molecule has 5 nitrogen and oxygen atoms in total. The van der Waals surface area contributed by atoms with E-state index in [9.17, 15) is 9.59 Å². The molecule has 0 amide bonds. The van der Waals surface area contributed by atoms with Crippen molar-refractivity contribution in [2.24, 2.45) is 0 Å². The number of hydrogen-bond donors (Lipinski definition) is 0. The molecule has 0 unspecified atom stereocenters. The second-order valence-electron chi connectivity index (χ2n) is 5.99. The summed E-state index contributed by atoms with van der Waals surface area (Å²) in [5.41, 5.74) is 0.774. The lowest BCUT2D eigenvalue weighted by molar-refractivity contribution is -0.143. The Morgan fingerprint density at radius 3 is 2.82 bits per heavy atom. The fourth-order valence-corrected chi connectivity index (χ4v) is 3.28. The lowest BCUT2D eigenvalue weighted by atomic mass is 10.1. The van der Waals surface area contributed by atoms with Crippen LogP contribution in [0.1, 0.15) is 19.8 Å². The van der Waals surface area contributed by atoms with Crippen LogP contribution in [-0.4, -0.2) is 19.2 Å². The van der Waals surface area contributed by atoms with Crippen molar-refractivity contribution in [3.05, 3.63) is 62.2 Å². The minimum Gasteiger partial charge on any atom is -0.493 e. The SMILES string of the molecule is CCOC(=O)CCCOc1cc(Br)ccc1-c1cc(=O)c2cccc(Cl)c2o1. The largest absolute Gasteiger partial charge is 0.493 e. The van der Waals surface area contributed by atoms with Crippen molar-refractivity contribution in [3.8, 4) is 17.1 Å². The molecule has 0 spiro atoms. The van der Waals surface area contributed by atoms with Gasteiger partial charge in [-0.05, 0) is 43.7 Å². The number of para-hydroxylation sites is 1. The molecule has 1 aromatic heterocycles. The molecule has 0 aliphatic rings. The Morgan fingerprint density at radius 1 is 1.21 bits per heavy atom. The summed E-state index contributed by atoms with van der Waals surface area (Å²) in [6, 6.07) is 11.9. The third kappa shape index (κ3) is 4.75. The Kier molecular flexibility index (Phi) is 6.75. The van der Waals surface area contributed by atoms with Gasteiger partial charge in [0.25, 0.3) is 0 Å². The summed E-state index contributed by atoms with van der Waals surface area (Å²) in [6.45, 7) is 2.45. The summed E-state index contributed by atoms with van der Waals surface area (Å²) in [6.07, 6.45) is 0.788. The summed E-state index contributed by atoms with van der Waals surface area (Å²) >= 11 is 9.62. The van der Waals surface area contributed by atoms with Gasteiger partial charge in [0.1, 0.15) is 11.5 Å². The highest BCUT2D eigenvalue weighted by atomic mass is 79.9. The molecule has 0 atom stereocenters. The van der Waals surface area contributed by atoms with E-state index < -0.39 is 0 Å². The van der Waals surface area contributed by atoms with E-state index in [1.165, 1.54) is 6.07 Å². The summed E-state index contributed by atoms with van der Waals surface area (Å²) in [5, 5.41) is 0.788. The highest BCUT2D eigenvalue weighted by Crippen LogP contribution is 2.34. The number of benzene rings is 2. The van der Waals surface area contributed by atoms with Crippen molar-refractivity contribution in [2.75, 3.05) is 13.2 Å². The average molecular weight is 466 g/mol. The van der Waals surface area contributed by atoms with Crippen molar-refractivity contribution < 1.29 is 18.7 Å². The first-order valence-corrected chi connectivity index (χ1v) is 9.97.